The summed E-state index contributed by atoms with van der Waals surface area (Å²) >= 11 is 7.23. The summed E-state index contributed by atoms with van der Waals surface area (Å²) in [6.07, 6.45) is 2.12. The van der Waals surface area contributed by atoms with Crippen LogP contribution in [0.25, 0.3) is 0 Å². The Morgan fingerprint density at radius 3 is 2.39 bits per heavy atom. The van der Waals surface area contributed by atoms with Crippen LogP contribution < -0.4 is 10.6 Å². The molecule has 0 aromatic heterocycles. The Hall–Kier alpha value is -3.18. The lowest BCUT2D eigenvalue weighted by molar-refractivity contribution is -0.385. The molecule has 2 rings (SSSR count). The first-order valence-corrected chi connectivity index (χ1v) is 10.7. The van der Waals surface area contributed by atoms with Gasteiger partial charge in [0.15, 0.2) is 0 Å². The highest BCUT2D eigenvalue weighted by molar-refractivity contribution is 7.98. The zero-order valence-electron chi connectivity index (χ0n) is 16.6. The summed E-state index contributed by atoms with van der Waals surface area (Å²) in [7, 11) is 0. The fourth-order valence-corrected chi connectivity index (χ4v) is 3.31. The largest absolute Gasteiger partial charge is 0.340 e. The van der Waals surface area contributed by atoms with Crippen LogP contribution in [0.2, 0.25) is 5.02 Å². The van der Waals surface area contributed by atoms with E-state index in [-0.39, 0.29) is 28.4 Å². The Morgan fingerprint density at radius 1 is 1.10 bits per heavy atom. The van der Waals surface area contributed by atoms with Crippen molar-refractivity contribution in [2.75, 3.05) is 17.3 Å². The molecule has 0 aliphatic carbocycles. The fraction of sp³-hybridized carbons (Fsp3) is 0.263. The molecular formula is C19H19ClN4O6S. The summed E-state index contributed by atoms with van der Waals surface area (Å²) in [5.74, 6) is -0.701. The number of anilines is 1. The molecule has 0 radical (unpaired) electrons. The smallest absolute Gasteiger partial charge is 0.288 e. The molecule has 0 aliphatic heterocycles. The van der Waals surface area contributed by atoms with Crippen LogP contribution in [0.5, 0.6) is 0 Å². The summed E-state index contributed by atoms with van der Waals surface area (Å²) in [6, 6.07) is 6.89. The molecular weight excluding hydrogens is 448 g/mol. The van der Waals surface area contributed by atoms with Gasteiger partial charge in [-0.1, -0.05) is 17.7 Å². The highest BCUT2D eigenvalue weighted by Gasteiger charge is 2.24. The monoisotopic (exact) mass is 466 g/mol. The number of nitro groups is 2. The number of amides is 2. The molecule has 1 atom stereocenters. The van der Waals surface area contributed by atoms with Crippen molar-refractivity contribution in [2.24, 2.45) is 0 Å². The molecule has 1 unspecified atom stereocenters. The number of nitro benzene ring substituents is 2. The second-order valence-electron chi connectivity index (χ2n) is 6.48. The van der Waals surface area contributed by atoms with Gasteiger partial charge >= 0.3 is 0 Å². The summed E-state index contributed by atoms with van der Waals surface area (Å²) in [5.41, 5.74) is 0.0683. The predicted octanol–water partition coefficient (Wildman–Crippen LogP) is 3.96. The quantitative estimate of drug-likeness (QED) is 0.420. The second kappa shape index (κ2) is 10.7. The first-order valence-electron chi connectivity index (χ1n) is 8.93. The lowest BCUT2D eigenvalue weighted by Gasteiger charge is -2.18. The number of carbonyl (C=O) groups excluding carboxylic acids is 2. The van der Waals surface area contributed by atoms with Gasteiger partial charge in [0.2, 0.25) is 5.91 Å². The number of halogens is 1. The molecule has 0 spiro atoms. The molecule has 31 heavy (non-hydrogen) atoms. The molecule has 0 saturated carbocycles. The molecule has 2 amide bonds. The van der Waals surface area contributed by atoms with E-state index in [0.717, 1.165) is 6.07 Å². The Kier molecular flexibility index (Phi) is 8.34. The van der Waals surface area contributed by atoms with E-state index in [1.54, 1.807) is 6.92 Å². The third-order valence-corrected chi connectivity index (χ3v) is 5.27. The third-order valence-electron chi connectivity index (χ3n) is 4.31. The Balaban J connectivity index is 2.21. The molecule has 10 nitrogen and oxygen atoms in total. The molecule has 2 aromatic rings. The third kappa shape index (κ3) is 6.40. The van der Waals surface area contributed by atoms with Crippen molar-refractivity contribution in [3.8, 4) is 0 Å². The maximum absolute atomic E-state index is 12.7. The average Bonchev–Trinajstić information content (AvgIpc) is 2.72. The van der Waals surface area contributed by atoms with E-state index in [0.29, 0.717) is 11.3 Å². The lowest BCUT2D eigenvalue weighted by Crippen LogP contribution is -2.44. The zero-order valence-corrected chi connectivity index (χ0v) is 18.2. The number of thioether (sulfide) groups is 1. The van der Waals surface area contributed by atoms with Crippen molar-refractivity contribution in [1.82, 2.24) is 5.32 Å². The van der Waals surface area contributed by atoms with Crippen molar-refractivity contribution < 1.29 is 19.4 Å². The molecule has 0 heterocycles. The van der Waals surface area contributed by atoms with Crippen LogP contribution in [0.3, 0.4) is 0 Å². The van der Waals surface area contributed by atoms with Gasteiger partial charge in [-0.25, -0.2) is 0 Å². The standard InChI is InChI=1S/C19H19ClN4O6S/c1-11-3-5-13(10-16(11)23(27)28)21-19(26)15(7-8-31-2)22-18(25)12-4-6-14(20)17(9-12)24(29)30/h3-6,9-10,15H,7-8H2,1-2H3,(H,21,26)(H,22,25). The van der Waals surface area contributed by atoms with Crippen molar-refractivity contribution in [2.45, 2.75) is 19.4 Å². The molecule has 2 N–H and O–H groups in total. The number of nitrogens with zero attached hydrogens (tertiary/aromatic N) is 2. The van der Waals surface area contributed by atoms with Gasteiger partial charge < -0.3 is 10.6 Å². The summed E-state index contributed by atoms with van der Waals surface area (Å²) < 4.78 is 0. The number of carbonyl (C=O) groups is 2. The minimum absolute atomic E-state index is 0.0241. The van der Waals surface area contributed by atoms with E-state index < -0.39 is 33.4 Å². The van der Waals surface area contributed by atoms with Crippen LogP contribution in [0.4, 0.5) is 17.1 Å². The minimum Gasteiger partial charge on any atom is -0.340 e. The number of benzene rings is 2. The zero-order chi connectivity index (χ0) is 23.1. The van der Waals surface area contributed by atoms with Crippen molar-refractivity contribution in [1.29, 1.82) is 0 Å². The Bertz CT molecular complexity index is 1030. The topological polar surface area (TPSA) is 144 Å². The van der Waals surface area contributed by atoms with Crippen LogP contribution in [-0.2, 0) is 4.79 Å². The maximum Gasteiger partial charge on any atom is 0.288 e. The number of hydrogen-bond acceptors (Lipinski definition) is 7. The van der Waals surface area contributed by atoms with Crippen molar-refractivity contribution in [3.63, 3.8) is 0 Å². The molecule has 2 aromatic carbocycles. The second-order valence-corrected chi connectivity index (χ2v) is 7.87. The molecule has 0 saturated heterocycles. The van der Waals surface area contributed by atoms with Crippen LogP contribution in [-0.4, -0.2) is 39.7 Å². The molecule has 0 aliphatic rings. The van der Waals surface area contributed by atoms with Gasteiger partial charge in [-0.05, 0) is 43.6 Å². The Labute approximate surface area is 186 Å². The molecule has 0 fully saturated rings. The van der Waals surface area contributed by atoms with Gasteiger partial charge in [0.05, 0.1) is 9.85 Å². The van der Waals surface area contributed by atoms with E-state index in [1.807, 2.05) is 6.26 Å². The van der Waals surface area contributed by atoms with E-state index in [4.69, 9.17) is 11.6 Å². The van der Waals surface area contributed by atoms with E-state index in [9.17, 15) is 29.8 Å². The summed E-state index contributed by atoms with van der Waals surface area (Å²) in [4.78, 5) is 46.2. The van der Waals surface area contributed by atoms with E-state index in [1.165, 1.54) is 42.1 Å². The van der Waals surface area contributed by atoms with Crippen LogP contribution in [0.15, 0.2) is 36.4 Å². The number of nitrogens with one attached hydrogen (secondary N) is 2. The predicted molar refractivity (Wildman–Crippen MR) is 119 cm³/mol. The SMILES string of the molecule is CSCCC(NC(=O)c1ccc(Cl)c([N+](=O)[O-])c1)C(=O)Nc1ccc(C)c([N+](=O)[O-])c1. The van der Waals surface area contributed by atoms with Gasteiger partial charge in [-0.2, -0.15) is 11.8 Å². The first kappa shape index (κ1) is 24.1. The average molecular weight is 467 g/mol. The molecule has 164 valence electrons. The fourth-order valence-electron chi connectivity index (χ4n) is 2.65. The molecule has 12 heteroatoms. The number of aryl methyl sites for hydroxylation is 1. The lowest BCUT2D eigenvalue weighted by atomic mass is 10.1. The number of hydrogen-bond donors (Lipinski definition) is 2. The van der Waals surface area contributed by atoms with Crippen molar-refractivity contribution >= 4 is 52.2 Å². The number of rotatable bonds is 9. The van der Waals surface area contributed by atoms with E-state index in [2.05, 4.69) is 10.6 Å². The summed E-state index contributed by atoms with van der Waals surface area (Å²) in [5, 5.41) is 27.2. The normalized spacial score (nSPS) is 11.5. The van der Waals surface area contributed by atoms with Crippen LogP contribution in [0, 0.1) is 27.2 Å². The van der Waals surface area contributed by atoms with Crippen LogP contribution >= 0.6 is 23.4 Å². The highest BCUT2D eigenvalue weighted by atomic mass is 35.5. The van der Waals surface area contributed by atoms with Gasteiger partial charge in [-0.15, -0.1) is 0 Å². The first-order chi connectivity index (χ1) is 14.6. The van der Waals surface area contributed by atoms with E-state index >= 15 is 0 Å². The van der Waals surface area contributed by atoms with Gasteiger partial charge in [0.1, 0.15) is 11.1 Å². The maximum atomic E-state index is 12.7. The van der Waals surface area contributed by atoms with Crippen molar-refractivity contribution in [3.05, 3.63) is 72.8 Å². The minimum atomic E-state index is -0.963. The summed E-state index contributed by atoms with van der Waals surface area (Å²) in [6.45, 7) is 1.58. The van der Waals surface area contributed by atoms with Crippen LogP contribution in [0.1, 0.15) is 22.3 Å². The van der Waals surface area contributed by atoms with Gasteiger partial charge in [-0.3, -0.25) is 29.8 Å². The highest BCUT2D eigenvalue weighted by Crippen LogP contribution is 2.25. The Morgan fingerprint density at radius 2 is 1.77 bits per heavy atom. The molecule has 0 bridgehead atoms. The van der Waals surface area contributed by atoms with Gasteiger partial charge in [0, 0.05) is 28.9 Å². The van der Waals surface area contributed by atoms with Gasteiger partial charge in [0.25, 0.3) is 17.3 Å².